The number of nitrogens with one attached hydrogen (secondary N) is 1. The summed E-state index contributed by atoms with van der Waals surface area (Å²) in [5, 5.41) is 3.40. The van der Waals surface area contributed by atoms with Crippen LogP contribution >= 0.6 is 11.6 Å². The lowest BCUT2D eigenvalue weighted by atomic mass is 9.62. The van der Waals surface area contributed by atoms with Crippen molar-refractivity contribution in [1.29, 1.82) is 0 Å². The molecule has 0 aromatic heterocycles. The van der Waals surface area contributed by atoms with Crippen LogP contribution in [0.3, 0.4) is 0 Å². The zero-order chi connectivity index (χ0) is 19.1. The van der Waals surface area contributed by atoms with E-state index in [0.29, 0.717) is 23.7 Å². The summed E-state index contributed by atoms with van der Waals surface area (Å²) >= 11 is 5.82. The first kappa shape index (κ1) is 18.9. The largest absolute Gasteiger partial charge is 0.326 e. The number of carbonyl (C=O) groups excluding carboxylic acids is 3. The van der Waals surface area contributed by atoms with Gasteiger partial charge < -0.3 is 5.32 Å². The fourth-order valence-electron chi connectivity index (χ4n) is 4.27. The van der Waals surface area contributed by atoms with Crippen molar-refractivity contribution < 1.29 is 14.4 Å². The Labute approximate surface area is 159 Å². The number of likely N-dealkylation sites (tertiary alicyclic amines) is 1. The molecular weight excluding hydrogens is 352 g/mol. The summed E-state index contributed by atoms with van der Waals surface area (Å²) in [6, 6.07) is 6.89. The zero-order valence-electron chi connectivity index (χ0n) is 15.5. The molecule has 26 heavy (non-hydrogen) atoms. The number of piperidine rings is 1. The molecule has 2 aliphatic rings. The third kappa shape index (κ3) is 3.02. The van der Waals surface area contributed by atoms with Gasteiger partial charge in [-0.1, -0.05) is 32.4 Å². The lowest BCUT2D eigenvalue weighted by Gasteiger charge is -2.47. The van der Waals surface area contributed by atoms with Crippen molar-refractivity contribution in [2.45, 2.75) is 46.5 Å². The topological polar surface area (TPSA) is 66.5 Å². The number of hydrogen-bond donors (Lipinski definition) is 1. The summed E-state index contributed by atoms with van der Waals surface area (Å²) in [6.45, 7) is 6.32. The Kier molecular flexibility index (Phi) is 4.86. The number of rotatable bonds is 5. The highest BCUT2D eigenvalue weighted by molar-refractivity contribution is 6.30. The average Bonchev–Trinajstić information content (AvgIpc) is 2.77. The molecule has 1 saturated carbocycles. The zero-order valence-corrected chi connectivity index (χ0v) is 16.2. The van der Waals surface area contributed by atoms with E-state index in [9.17, 15) is 14.4 Å². The van der Waals surface area contributed by atoms with Crippen LogP contribution < -0.4 is 5.32 Å². The van der Waals surface area contributed by atoms with Crippen LogP contribution in [0.15, 0.2) is 24.3 Å². The molecule has 2 atom stereocenters. The van der Waals surface area contributed by atoms with Crippen LogP contribution in [0.5, 0.6) is 0 Å². The summed E-state index contributed by atoms with van der Waals surface area (Å²) < 4.78 is 0. The van der Waals surface area contributed by atoms with Gasteiger partial charge in [0, 0.05) is 29.6 Å². The van der Waals surface area contributed by atoms with E-state index in [4.69, 9.17) is 11.6 Å². The van der Waals surface area contributed by atoms with Crippen molar-refractivity contribution in [3.63, 3.8) is 0 Å². The quantitative estimate of drug-likeness (QED) is 0.793. The third-order valence-electron chi connectivity index (χ3n) is 6.42. The van der Waals surface area contributed by atoms with Gasteiger partial charge in [0.2, 0.25) is 17.7 Å². The van der Waals surface area contributed by atoms with Gasteiger partial charge in [-0.05, 0) is 48.9 Å². The van der Waals surface area contributed by atoms with Crippen molar-refractivity contribution >= 4 is 35.0 Å². The molecule has 2 unspecified atom stereocenters. The summed E-state index contributed by atoms with van der Waals surface area (Å²) in [5.74, 6) is -0.403. The Hall–Kier alpha value is -1.88. The molecule has 5 nitrogen and oxygen atoms in total. The van der Waals surface area contributed by atoms with Crippen molar-refractivity contribution in [2.24, 2.45) is 16.7 Å². The van der Waals surface area contributed by atoms with E-state index in [2.05, 4.69) is 5.32 Å². The summed E-state index contributed by atoms with van der Waals surface area (Å²) in [7, 11) is 0. The predicted molar refractivity (Wildman–Crippen MR) is 101 cm³/mol. The molecule has 1 heterocycles. The molecule has 0 radical (unpaired) electrons. The lowest BCUT2D eigenvalue weighted by Crippen LogP contribution is -2.59. The summed E-state index contributed by atoms with van der Waals surface area (Å²) in [6.07, 6.45) is 2.23. The molecule has 1 aliphatic carbocycles. The number of carbonyl (C=O) groups is 3. The minimum Gasteiger partial charge on any atom is -0.326 e. The molecular formula is C20H25ClN2O3. The lowest BCUT2D eigenvalue weighted by molar-refractivity contribution is -0.168. The van der Waals surface area contributed by atoms with Gasteiger partial charge in [0.05, 0.1) is 5.41 Å². The fraction of sp³-hybridized carbons (Fsp3) is 0.550. The highest BCUT2D eigenvalue weighted by Crippen LogP contribution is 2.60. The second kappa shape index (κ2) is 6.69. The molecule has 1 aromatic rings. The highest BCUT2D eigenvalue weighted by Gasteiger charge is 2.64. The molecule has 2 bridgehead atoms. The van der Waals surface area contributed by atoms with Gasteiger partial charge in [-0.25, -0.2) is 0 Å². The molecule has 1 aromatic carbocycles. The summed E-state index contributed by atoms with van der Waals surface area (Å²) in [5.41, 5.74) is -0.113. The monoisotopic (exact) mass is 376 g/mol. The van der Waals surface area contributed by atoms with Crippen LogP contribution in [0.25, 0.3) is 0 Å². The van der Waals surface area contributed by atoms with Crippen LogP contribution in [-0.2, 0) is 14.4 Å². The third-order valence-corrected chi connectivity index (χ3v) is 6.67. The molecule has 3 rings (SSSR count). The van der Waals surface area contributed by atoms with Gasteiger partial charge in [-0.3, -0.25) is 19.3 Å². The van der Waals surface area contributed by atoms with Crippen LogP contribution in [0.1, 0.15) is 46.5 Å². The minimum absolute atomic E-state index is 0.0758. The Bertz CT molecular complexity index is 744. The summed E-state index contributed by atoms with van der Waals surface area (Å²) in [4.78, 5) is 39.1. The normalized spacial score (nSPS) is 26.9. The van der Waals surface area contributed by atoms with Crippen molar-refractivity contribution in [3.8, 4) is 0 Å². The highest BCUT2D eigenvalue weighted by atomic mass is 35.5. The first-order valence-electron chi connectivity index (χ1n) is 9.08. The Balaban J connectivity index is 1.57. The Morgan fingerprint density at radius 2 is 1.88 bits per heavy atom. The maximum Gasteiger partial charge on any atom is 0.235 e. The second-order valence-electron chi connectivity index (χ2n) is 8.10. The minimum atomic E-state index is -0.489. The van der Waals surface area contributed by atoms with Crippen molar-refractivity contribution in [1.82, 2.24) is 4.90 Å². The number of amides is 3. The van der Waals surface area contributed by atoms with E-state index in [1.165, 1.54) is 4.90 Å². The predicted octanol–water partition coefficient (Wildman–Crippen LogP) is 3.87. The molecule has 0 spiro atoms. The fourth-order valence-corrected chi connectivity index (χ4v) is 4.39. The van der Waals surface area contributed by atoms with Gasteiger partial charge in [-0.2, -0.15) is 0 Å². The van der Waals surface area contributed by atoms with Gasteiger partial charge >= 0.3 is 0 Å². The molecule has 6 heteroatoms. The van der Waals surface area contributed by atoms with E-state index < -0.39 is 5.41 Å². The smallest absolute Gasteiger partial charge is 0.235 e. The van der Waals surface area contributed by atoms with Crippen LogP contribution in [0.4, 0.5) is 5.69 Å². The first-order valence-corrected chi connectivity index (χ1v) is 9.46. The molecule has 1 aliphatic heterocycles. The number of imide groups is 1. The number of nitrogens with zero attached hydrogens (tertiary/aromatic N) is 1. The number of fused-ring (bicyclic) bond motifs is 2. The maximum atomic E-state index is 12.9. The van der Waals surface area contributed by atoms with E-state index >= 15 is 0 Å². The number of halogens is 1. The number of benzene rings is 1. The Morgan fingerprint density at radius 3 is 2.54 bits per heavy atom. The van der Waals surface area contributed by atoms with Crippen LogP contribution in [-0.4, -0.2) is 29.2 Å². The van der Waals surface area contributed by atoms with Gasteiger partial charge in [0.1, 0.15) is 0 Å². The first-order chi connectivity index (χ1) is 12.2. The van der Waals surface area contributed by atoms with E-state index in [1.807, 2.05) is 20.8 Å². The van der Waals surface area contributed by atoms with E-state index in [-0.39, 0.29) is 35.5 Å². The molecule has 140 valence electrons. The SMILES string of the molecule is CC12CCC(C(=O)N(CCCC(=O)Nc3ccc(Cl)cc3)C1=O)C2(C)C. The molecule has 1 saturated heterocycles. The molecule has 1 N–H and O–H groups in total. The maximum absolute atomic E-state index is 12.9. The number of anilines is 1. The average molecular weight is 377 g/mol. The van der Waals surface area contributed by atoms with Crippen molar-refractivity contribution in [2.75, 3.05) is 11.9 Å². The van der Waals surface area contributed by atoms with Crippen molar-refractivity contribution in [3.05, 3.63) is 29.3 Å². The van der Waals surface area contributed by atoms with Crippen LogP contribution in [0.2, 0.25) is 5.02 Å². The van der Waals surface area contributed by atoms with Gasteiger partial charge in [-0.15, -0.1) is 0 Å². The van der Waals surface area contributed by atoms with Gasteiger partial charge in [0.25, 0.3) is 0 Å². The van der Waals surface area contributed by atoms with Gasteiger partial charge in [0.15, 0.2) is 0 Å². The standard InChI is InChI=1S/C20H25ClN2O3/c1-19(2)15-10-11-20(19,3)18(26)23(17(15)25)12-4-5-16(24)22-14-8-6-13(21)7-9-14/h6-9,15H,4-5,10-12H2,1-3H3,(H,22,24). The van der Waals surface area contributed by atoms with E-state index in [1.54, 1.807) is 24.3 Å². The second-order valence-corrected chi connectivity index (χ2v) is 8.54. The van der Waals surface area contributed by atoms with E-state index in [0.717, 1.165) is 12.8 Å². The van der Waals surface area contributed by atoms with Crippen LogP contribution in [0, 0.1) is 16.7 Å². The molecule has 3 amide bonds. The Morgan fingerprint density at radius 1 is 1.23 bits per heavy atom. The number of hydrogen-bond acceptors (Lipinski definition) is 3. The molecule has 2 fully saturated rings.